The Balaban J connectivity index is 1.83. The number of nitrogens with zero attached hydrogens (tertiary/aromatic N) is 1. The van der Waals surface area contributed by atoms with Crippen LogP contribution < -0.4 is 4.74 Å². The number of amides is 1. The number of esters is 1. The molecular formula is C24H24N2O4. The van der Waals surface area contributed by atoms with Gasteiger partial charge in [0.25, 0.3) is 5.91 Å². The third-order valence-electron chi connectivity index (χ3n) is 5.40. The van der Waals surface area contributed by atoms with Crippen molar-refractivity contribution in [1.29, 1.82) is 0 Å². The summed E-state index contributed by atoms with van der Waals surface area (Å²) >= 11 is 0. The number of carbonyl (C=O) groups excluding carboxylic acids is 2. The van der Waals surface area contributed by atoms with Gasteiger partial charge in [0, 0.05) is 23.6 Å². The molecule has 0 unspecified atom stereocenters. The van der Waals surface area contributed by atoms with E-state index in [0.29, 0.717) is 35.5 Å². The lowest BCUT2D eigenvalue weighted by atomic mass is 10.0. The van der Waals surface area contributed by atoms with Crippen molar-refractivity contribution < 1.29 is 19.1 Å². The zero-order valence-corrected chi connectivity index (χ0v) is 17.3. The minimum Gasteiger partial charge on any atom is -0.496 e. The number of aromatic amines is 1. The average molecular weight is 404 g/mol. The minimum atomic E-state index is -0.456. The number of rotatable bonds is 4. The van der Waals surface area contributed by atoms with Crippen LogP contribution in [0.15, 0.2) is 48.7 Å². The lowest BCUT2D eigenvalue weighted by Crippen LogP contribution is -2.28. The van der Waals surface area contributed by atoms with E-state index in [1.165, 1.54) is 7.11 Å². The summed E-state index contributed by atoms with van der Waals surface area (Å²) in [5.41, 5.74) is 4.64. The molecule has 2 heterocycles. The highest BCUT2D eigenvalue weighted by molar-refractivity contribution is 6.18. The van der Waals surface area contributed by atoms with Crippen molar-refractivity contribution >= 4 is 28.4 Å². The SMILES string of the molecule is CCOC(=O)C1=CN(C(=O)c2ccccc2OC)CCc2c1[nH]c1c(C)cccc21. The van der Waals surface area contributed by atoms with Crippen molar-refractivity contribution in [1.82, 2.24) is 9.88 Å². The fourth-order valence-corrected chi connectivity index (χ4v) is 3.93. The van der Waals surface area contributed by atoms with Crippen molar-refractivity contribution in [2.24, 2.45) is 0 Å². The number of benzene rings is 2. The maximum absolute atomic E-state index is 13.3. The highest BCUT2D eigenvalue weighted by Gasteiger charge is 2.28. The van der Waals surface area contributed by atoms with Gasteiger partial charge in [-0.3, -0.25) is 4.79 Å². The van der Waals surface area contributed by atoms with Gasteiger partial charge in [-0.05, 0) is 43.5 Å². The predicted molar refractivity (Wildman–Crippen MR) is 115 cm³/mol. The second kappa shape index (κ2) is 8.06. The van der Waals surface area contributed by atoms with E-state index in [4.69, 9.17) is 9.47 Å². The molecule has 0 atom stereocenters. The molecule has 1 N–H and O–H groups in total. The second-order valence-electron chi connectivity index (χ2n) is 7.19. The van der Waals surface area contributed by atoms with Crippen LogP contribution in [0, 0.1) is 6.92 Å². The normalized spacial score (nSPS) is 13.4. The second-order valence-corrected chi connectivity index (χ2v) is 7.19. The van der Waals surface area contributed by atoms with Gasteiger partial charge in [-0.1, -0.05) is 30.3 Å². The molecule has 0 radical (unpaired) electrons. The molecule has 2 aromatic carbocycles. The number of methoxy groups -OCH3 is 1. The van der Waals surface area contributed by atoms with E-state index in [9.17, 15) is 9.59 Å². The van der Waals surface area contributed by atoms with Crippen LogP contribution in [-0.2, 0) is 16.0 Å². The molecule has 1 aliphatic heterocycles. The number of aryl methyl sites for hydroxylation is 1. The number of ether oxygens (including phenoxy) is 2. The molecule has 0 aliphatic carbocycles. The van der Waals surface area contributed by atoms with Crippen LogP contribution in [-0.4, -0.2) is 42.0 Å². The monoisotopic (exact) mass is 404 g/mol. The Morgan fingerprint density at radius 3 is 2.70 bits per heavy atom. The first-order chi connectivity index (χ1) is 14.5. The van der Waals surface area contributed by atoms with Crippen molar-refractivity contribution in [3.8, 4) is 5.75 Å². The highest BCUT2D eigenvalue weighted by atomic mass is 16.5. The topological polar surface area (TPSA) is 71.6 Å². The van der Waals surface area contributed by atoms with Crippen LogP contribution in [0.3, 0.4) is 0 Å². The molecule has 0 bridgehead atoms. The summed E-state index contributed by atoms with van der Waals surface area (Å²) in [7, 11) is 1.54. The average Bonchev–Trinajstić information content (AvgIpc) is 3.02. The Morgan fingerprint density at radius 2 is 1.93 bits per heavy atom. The molecule has 4 rings (SSSR count). The predicted octanol–water partition coefficient (Wildman–Crippen LogP) is 4.09. The largest absolute Gasteiger partial charge is 0.496 e. The molecule has 3 aromatic rings. The van der Waals surface area contributed by atoms with Crippen LogP contribution >= 0.6 is 0 Å². The molecular weight excluding hydrogens is 380 g/mol. The van der Waals surface area contributed by atoms with Gasteiger partial charge in [0.1, 0.15) is 5.75 Å². The molecule has 6 nitrogen and oxygen atoms in total. The number of fused-ring (bicyclic) bond motifs is 3. The third kappa shape index (κ3) is 3.34. The van der Waals surface area contributed by atoms with Crippen LogP contribution in [0.1, 0.15) is 34.1 Å². The highest BCUT2D eigenvalue weighted by Crippen LogP contribution is 2.33. The number of nitrogens with one attached hydrogen (secondary N) is 1. The van der Waals surface area contributed by atoms with Crippen LogP contribution in [0.5, 0.6) is 5.75 Å². The standard InChI is InChI=1S/C24H24N2O4/c1-4-30-24(28)19-14-26(23(27)18-9-5-6-11-20(18)29-3)13-12-17-16-10-7-8-15(2)21(16)25-22(17)19/h5-11,14,25H,4,12-13H2,1-3H3. The number of para-hydroxylation sites is 2. The summed E-state index contributed by atoms with van der Waals surface area (Å²) in [4.78, 5) is 31.1. The first-order valence-electron chi connectivity index (χ1n) is 9.98. The molecule has 30 heavy (non-hydrogen) atoms. The van der Waals surface area contributed by atoms with Gasteiger partial charge < -0.3 is 19.4 Å². The van der Waals surface area contributed by atoms with E-state index < -0.39 is 5.97 Å². The van der Waals surface area contributed by atoms with Crippen molar-refractivity contribution in [2.45, 2.75) is 20.3 Å². The summed E-state index contributed by atoms with van der Waals surface area (Å²) < 4.78 is 10.7. The van der Waals surface area contributed by atoms with Crippen LogP contribution in [0.4, 0.5) is 0 Å². The summed E-state index contributed by atoms with van der Waals surface area (Å²) in [5.74, 6) is -0.181. The van der Waals surface area contributed by atoms with E-state index in [2.05, 4.69) is 4.98 Å². The fourth-order valence-electron chi connectivity index (χ4n) is 3.93. The molecule has 154 valence electrons. The molecule has 1 amide bonds. The van der Waals surface area contributed by atoms with E-state index in [0.717, 1.165) is 22.0 Å². The Kier molecular flexibility index (Phi) is 5.31. The lowest BCUT2D eigenvalue weighted by molar-refractivity contribution is -0.136. The summed E-state index contributed by atoms with van der Waals surface area (Å²) in [6, 6.07) is 13.2. The van der Waals surface area contributed by atoms with Crippen LogP contribution in [0.25, 0.3) is 16.5 Å². The molecule has 0 saturated carbocycles. The quantitative estimate of drug-likeness (QED) is 0.665. The maximum atomic E-state index is 13.3. The minimum absolute atomic E-state index is 0.222. The molecule has 0 saturated heterocycles. The van der Waals surface area contributed by atoms with E-state index in [1.807, 2.05) is 31.2 Å². The number of H-pyrrole nitrogens is 1. The van der Waals surface area contributed by atoms with E-state index >= 15 is 0 Å². The van der Waals surface area contributed by atoms with Gasteiger partial charge in [0.2, 0.25) is 0 Å². The molecule has 0 fully saturated rings. The first-order valence-corrected chi connectivity index (χ1v) is 9.98. The van der Waals surface area contributed by atoms with Gasteiger partial charge in [0.05, 0.1) is 30.5 Å². The van der Waals surface area contributed by atoms with Crippen molar-refractivity contribution in [2.75, 3.05) is 20.3 Å². The molecule has 1 aromatic heterocycles. The molecule has 1 aliphatic rings. The van der Waals surface area contributed by atoms with Crippen molar-refractivity contribution in [3.05, 3.63) is 71.0 Å². The van der Waals surface area contributed by atoms with E-state index in [-0.39, 0.29) is 12.5 Å². The zero-order valence-electron chi connectivity index (χ0n) is 17.3. The maximum Gasteiger partial charge on any atom is 0.341 e. The number of carbonyl (C=O) groups is 2. The Hall–Kier alpha value is -3.54. The smallest absolute Gasteiger partial charge is 0.341 e. The number of aromatic nitrogens is 1. The Labute approximate surface area is 175 Å². The van der Waals surface area contributed by atoms with Crippen molar-refractivity contribution in [3.63, 3.8) is 0 Å². The summed E-state index contributed by atoms with van der Waals surface area (Å²) in [6.07, 6.45) is 2.21. The lowest BCUT2D eigenvalue weighted by Gasteiger charge is -2.19. The zero-order chi connectivity index (χ0) is 21.3. The van der Waals surface area contributed by atoms with Gasteiger partial charge >= 0.3 is 5.97 Å². The first kappa shape index (κ1) is 19.8. The number of hydrogen-bond donors (Lipinski definition) is 1. The van der Waals surface area contributed by atoms with E-state index in [1.54, 1.807) is 36.2 Å². The number of hydrogen-bond acceptors (Lipinski definition) is 4. The van der Waals surface area contributed by atoms with Gasteiger partial charge in [-0.25, -0.2) is 4.79 Å². The molecule has 0 spiro atoms. The third-order valence-corrected chi connectivity index (χ3v) is 5.40. The fraction of sp³-hybridized carbons (Fsp3) is 0.250. The Morgan fingerprint density at radius 1 is 1.13 bits per heavy atom. The van der Waals surface area contributed by atoms with Gasteiger partial charge in [0.15, 0.2) is 0 Å². The van der Waals surface area contributed by atoms with Crippen LogP contribution in [0.2, 0.25) is 0 Å². The molecule has 6 heteroatoms. The summed E-state index contributed by atoms with van der Waals surface area (Å²) in [5, 5.41) is 1.06. The van der Waals surface area contributed by atoms with Gasteiger partial charge in [-0.15, -0.1) is 0 Å². The Bertz CT molecular complexity index is 1160. The van der Waals surface area contributed by atoms with Gasteiger partial charge in [-0.2, -0.15) is 0 Å². The summed E-state index contributed by atoms with van der Waals surface area (Å²) in [6.45, 7) is 4.49.